The van der Waals surface area contributed by atoms with Crippen LogP contribution in [0, 0.1) is 5.41 Å². The molecule has 0 atom stereocenters. The van der Waals surface area contributed by atoms with E-state index in [1.54, 1.807) is 13.1 Å². The molecule has 1 aromatic rings. The van der Waals surface area contributed by atoms with E-state index in [4.69, 9.17) is 15.3 Å². The Bertz CT molecular complexity index is 382. The maximum absolute atomic E-state index is 8.77. The highest BCUT2D eigenvalue weighted by atomic mass is 16.5. The highest BCUT2D eigenvalue weighted by Crippen LogP contribution is 2.28. The van der Waals surface area contributed by atoms with Gasteiger partial charge in [-0.15, -0.1) is 0 Å². The molecule has 0 amide bonds. The summed E-state index contributed by atoms with van der Waals surface area (Å²) in [6.07, 6.45) is 1.24. The fourth-order valence-corrected chi connectivity index (χ4v) is 1.38. The molecule has 1 heterocycles. The van der Waals surface area contributed by atoms with E-state index in [1.807, 2.05) is 6.92 Å². The normalized spacial score (nSPS) is 9.82. The van der Waals surface area contributed by atoms with Crippen LogP contribution in [0.15, 0.2) is 6.07 Å². The predicted octanol–water partition coefficient (Wildman–Crippen LogP) is 0.924. The number of nitrogens with zero attached hydrogens (tertiary/aromatic N) is 1. The molecule has 6 heteroatoms. The second kappa shape index (κ2) is 6.70. The number of aliphatic hydroxyl groups is 1. The smallest absolute Gasteiger partial charge is 0.240 e. The SMILES string of the molecule is CCNc1c(C=N)cc(NC)nc1OCCO. The third-order valence-electron chi connectivity index (χ3n) is 2.11. The van der Waals surface area contributed by atoms with Crippen molar-refractivity contribution >= 4 is 17.7 Å². The van der Waals surface area contributed by atoms with Crippen LogP contribution in [0.5, 0.6) is 5.88 Å². The summed E-state index contributed by atoms with van der Waals surface area (Å²) in [7, 11) is 1.75. The minimum Gasteiger partial charge on any atom is -0.474 e. The van der Waals surface area contributed by atoms with Gasteiger partial charge < -0.3 is 25.9 Å². The number of aliphatic hydroxyl groups excluding tert-OH is 1. The lowest BCUT2D eigenvalue weighted by Crippen LogP contribution is -2.10. The zero-order chi connectivity index (χ0) is 12.7. The molecule has 4 N–H and O–H groups in total. The van der Waals surface area contributed by atoms with E-state index < -0.39 is 0 Å². The van der Waals surface area contributed by atoms with Crippen molar-refractivity contribution in [2.24, 2.45) is 0 Å². The van der Waals surface area contributed by atoms with Crippen molar-refractivity contribution in [1.29, 1.82) is 5.41 Å². The average Bonchev–Trinajstić information content (AvgIpc) is 2.37. The topological polar surface area (TPSA) is 90.3 Å². The molecule has 0 aliphatic rings. The van der Waals surface area contributed by atoms with E-state index >= 15 is 0 Å². The molecule has 1 rings (SSSR count). The number of pyridine rings is 1. The largest absolute Gasteiger partial charge is 0.474 e. The van der Waals surface area contributed by atoms with E-state index in [2.05, 4.69) is 15.6 Å². The molecular weight excluding hydrogens is 220 g/mol. The molecule has 0 aliphatic carbocycles. The molecule has 6 nitrogen and oxygen atoms in total. The number of ether oxygens (including phenoxy) is 1. The summed E-state index contributed by atoms with van der Waals surface area (Å²) in [6.45, 7) is 2.76. The molecule has 0 saturated heterocycles. The summed E-state index contributed by atoms with van der Waals surface area (Å²) in [4.78, 5) is 4.25. The lowest BCUT2D eigenvalue weighted by Gasteiger charge is -2.14. The molecule has 0 unspecified atom stereocenters. The Morgan fingerprint density at radius 3 is 2.88 bits per heavy atom. The fourth-order valence-electron chi connectivity index (χ4n) is 1.38. The standard InChI is InChI=1S/C11H18N4O2/c1-3-14-10-8(7-12)6-9(13-2)15-11(10)17-5-4-16/h6-7,12,14,16H,3-5H2,1-2H3,(H,13,15). The monoisotopic (exact) mass is 238 g/mol. The zero-order valence-corrected chi connectivity index (χ0v) is 10.1. The van der Waals surface area contributed by atoms with E-state index in [0.717, 1.165) is 0 Å². The van der Waals surface area contributed by atoms with Crippen LogP contribution >= 0.6 is 0 Å². The van der Waals surface area contributed by atoms with Crippen molar-refractivity contribution in [3.05, 3.63) is 11.6 Å². The highest BCUT2D eigenvalue weighted by Gasteiger charge is 2.11. The lowest BCUT2D eigenvalue weighted by atomic mass is 10.2. The molecule has 0 fully saturated rings. The van der Waals surface area contributed by atoms with Gasteiger partial charge in [0.1, 0.15) is 18.1 Å². The van der Waals surface area contributed by atoms with E-state index in [9.17, 15) is 0 Å². The first-order chi connectivity index (χ1) is 8.26. The molecule has 17 heavy (non-hydrogen) atoms. The second-order valence-electron chi connectivity index (χ2n) is 3.27. The van der Waals surface area contributed by atoms with Crippen LogP contribution in [-0.2, 0) is 0 Å². The summed E-state index contributed by atoms with van der Waals surface area (Å²) >= 11 is 0. The van der Waals surface area contributed by atoms with Crippen molar-refractivity contribution in [2.45, 2.75) is 6.92 Å². The predicted molar refractivity (Wildman–Crippen MR) is 68.4 cm³/mol. The highest BCUT2D eigenvalue weighted by molar-refractivity contribution is 5.89. The van der Waals surface area contributed by atoms with Crippen molar-refractivity contribution in [2.75, 3.05) is 37.4 Å². The molecule has 0 radical (unpaired) electrons. The van der Waals surface area contributed by atoms with Gasteiger partial charge in [-0.05, 0) is 13.0 Å². The van der Waals surface area contributed by atoms with Crippen LogP contribution in [0.25, 0.3) is 0 Å². The summed E-state index contributed by atoms with van der Waals surface area (Å²) in [6, 6.07) is 1.76. The Kier molecular flexibility index (Phi) is 5.22. The zero-order valence-electron chi connectivity index (χ0n) is 10.1. The minimum atomic E-state index is -0.0725. The Labute approximate surface area is 101 Å². The molecular formula is C11H18N4O2. The molecule has 1 aromatic heterocycles. The van der Waals surface area contributed by atoms with Crippen molar-refractivity contribution in [1.82, 2.24) is 4.98 Å². The van der Waals surface area contributed by atoms with Crippen LogP contribution in [0.2, 0.25) is 0 Å². The molecule has 0 bridgehead atoms. The first-order valence-corrected chi connectivity index (χ1v) is 5.47. The minimum absolute atomic E-state index is 0.0725. The van der Waals surface area contributed by atoms with Crippen LogP contribution in [-0.4, -0.2) is 43.1 Å². The van der Waals surface area contributed by atoms with E-state index in [0.29, 0.717) is 29.5 Å². The molecule has 0 saturated carbocycles. The van der Waals surface area contributed by atoms with Gasteiger partial charge in [-0.3, -0.25) is 0 Å². The maximum atomic E-state index is 8.77. The Hall–Kier alpha value is -1.82. The van der Waals surface area contributed by atoms with Crippen LogP contribution < -0.4 is 15.4 Å². The Morgan fingerprint density at radius 2 is 2.35 bits per heavy atom. The third-order valence-corrected chi connectivity index (χ3v) is 2.11. The molecule has 0 aromatic carbocycles. The van der Waals surface area contributed by atoms with Gasteiger partial charge in [0.15, 0.2) is 0 Å². The van der Waals surface area contributed by atoms with Gasteiger partial charge in [-0.1, -0.05) is 0 Å². The van der Waals surface area contributed by atoms with Crippen molar-refractivity contribution in [3.8, 4) is 5.88 Å². The van der Waals surface area contributed by atoms with Gasteiger partial charge in [0.2, 0.25) is 5.88 Å². The summed E-state index contributed by atoms with van der Waals surface area (Å²) in [5.41, 5.74) is 1.37. The van der Waals surface area contributed by atoms with Gasteiger partial charge >= 0.3 is 0 Å². The summed E-state index contributed by atoms with van der Waals surface area (Å²) < 4.78 is 5.36. The van der Waals surface area contributed by atoms with Gasteiger partial charge in [0.25, 0.3) is 0 Å². The quantitative estimate of drug-likeness (QED) is 0.530. The Morgan fingerprint density at radius 1 is 1.59 bits per heavy atom. The number of rotatable bonds is 7. The summed E-state index contributed by atoms with van der Waals surface area (Å²) in [5.74, 6) is 1.02. The van der Waals surface area contributed by atoms with Gasteiger partial charge in [-0.25, -0.2) is 0 Å². The Balaban J connectivity index is 3.14. The number of hydrogen-bond donors (Lipinski definition) is 4. The maximum Gasteiger partial charge on any atom is 0.240 e. The fraction of sp³-hybridized carbons (Fsp3) is 0.455. The van der Waals surface area contributed by atoms with E-state index in [1.165, 1.54) is 6.21 Å². The van der Waals surface area contributed by atoms with Crippen LogP contribution in [0.1, 0.15) is 12.5 Å². The van der Waals surface area contributed by atoms with Crippen molar-refractivity contribution in [3.63, 3.8) is 0 Å². The average molecular weight is 238 g/mol. The number of anilines is 2. The van der Waals surface area contributed by atoms with E-state index in [-0.39, 0.29) is 13.2 Å². The van der Waals surface area contributed by atoms with Gasteiger partial charge in [0.05, 0.1) is 6.61 Å². The number of hydrogen-bond acceptors (Lipinski definition) is 6. The molecule has 0 spiro atoms. The third kappa shape index (κ3) is 3.32. The molecule has 0 aliphatic heterocycles. The summed E-state index contributed by atoms with van der Waals surface area (Å²) in [5, 5.41) is 22.2. The van der Waals surface area contributed by atoms with Crippen LogP contribution in [0.3, 0.4) is 0 Å². The first kappa shape index (κ1) is 13.2. The lowest BCUT2D eigenvalue weighted by molar-refractivity contribution is 0.197. The molecule has 94 valence electrons. The van der Waals surface area contributed by atoms with Crippen LogP contribution in [0.4, 0.5) is 11.5 Å². The number of nitrogens with one attached hydrogen (secondary N) is 3. The first-order valence-electron chi connectivity index (χ1n) is 5.47. The van der Waals surface area contributed by atoms with Crippen molar-refractivity contribution < 1.29 is 9.84 Å². The second-order valence-corrected chi connectivity index (χ2v) is 3.27. The number of aromatic nitrogens is 1. The van der Waals surface area contributed by atoms with Gasteiger partial charge in [0, 0.05) is 25.4 Å². The van der Waals surface area contributed by atoms with Gasteiger partial charge in [-0.2, -0.15) is 4.98 Å².